The summed E-state index contributed by atoms with van der Waals surface area (Å²) in [4.78, 5) is 3.89. The van der Waals surface area contributed by atoms with Crippen molar-refractivity contribution in [2.45, 2.75) is 18.6 Å². The van der Waals surface area contributed by atoms with Crippen molar-refractivity contribution in [1.29, 1.82) is 0 Å². The average molecular weight is 199 g/mol. The molecule has 0 radical (unpaired) electrons. The minimum atomic E-state index is -0.403. The molecule has 6 heteroatoms. The summed E-state index contributed by atoms with van der Waals surface area (Å²) in [5.74, 6) is 0.672. The third-order valence-corrected chi connectivity index (χ3v) is 2.21. The van der Waals surface area contributed by atoms with Crippen molar-refractivity contribution >= 4 is 0 Å². The molecule has 2 rings (SSSR count). The average Bonchev–Trinajstić information content (AvgIpc) is 2.78. The Balaban J connectivity index is 1.68. The van der Waals surface area contributed by atoms with Crippen molar-refractivity contribution < 1.29 is 14.4 Å². The van der Waals surface area contributed by atoms with Crippen LogP contribution in [0.25, 0.3) is 0 Å². The van der Waals surface area contributed by atoms with Crippen molar-refractivity contribution in [3.63, 3.8) is 0 Å². The molecule has 0 aliphatic carbocycles. The predicted molar refractivity (Wildman–Crippen MR) is 46.6 cm³/mol. The molecule has 0 aromatic carbocycles. The van der Waals surface area contributed by atoms with Crippen LogP contribution in [0.1, 0.15) is 5.82 Å². The van der Waals surface area contributed by atoms with Gasteiger partial charge in [-0.1, -0.05) is 5.16 Å². The first-order valence-corrected chi connectivity index (χ1v) is 4.60. The van der Waals surface area contributed by atoms with Gasteiger partial charge >= 0.3 is 0 Å². The largest absolute Gasteiger partial charge is 0.389 e. The number of hydrogen-bond donors (Lipinski definition) is 2. The third-order valence-electron chi connectivity index (χ3n) is 2.21. The molecular weight excluding hydrogens is 186 g/mol. The molecule has 0 bridgehead atoms. The minimum absolute atomic E-state index is 0.0295. The molecule has 78 valence electrons. The first-order valence-electron chi connectivity index (χ1n) is 4.60. The number of aromatic nitrogens is 2. The summed E-state index contributed by atoms with van der Waals surface area (Å²) in [5, 5.41) is 16.3. The summed E-state index contributed by atoms with van der Waals surface area (Å²) < 4.78 is 9.69. The maximum Gasteiger partial charge on any atom is 0.213 e. The summed E-state index contributed by atoms with van der Waals surface area (Å²) in [7, 11) is 0. The van der Waals surface area contributed by atoms with E-state index in [4.69, 9.17) is 4.74 Å². The third kappa shape index (κ3) is 2.28. The molecule has 0 saturated carbocycles. The molecule has 1 saturated heterocycles. The molecule has 1 aromatic rings. The molecule has 2 N–H and O–H groups in total. The van der Waals surface area contributed by atoms with Crippen LogP contribution in [0.2, 0.25) is 0 Å². The Hall–Kier alpha value is -0.980. The van der Waals surface area contributed by atoms with Crippen LogP contribution >= 0.6 is 0 Å². The fourth-order valence-corrected chi connectivity index (χ4v) is 1.41. The fourth-order valence-electron chi connectivity index (χ4n) is 1.41. The van der Waals surface area contributed by atoms with Gasteiger partial charge in [0.05, 0.1) is 25.4 Å². The number of rotatable bonds is 4. The lowest BCUT2D eigenvalue weighted by Crippen LogP contribution is -2.39. The number of aliphatic hydroxyl groups excluding tert-OH is 1. The van der Waals surface area contributed by atoms with Gasteiger partial charge in [0.2, 0.25) is 6.39 Å². The zero-order chi connectivity index (χ0) is 9.80. The van der Waals surface area contributed by atoms with E-state index in [1.807, 2.05) is 0 Å². The molecular formula is C8H13N3O3. The van der Waals surface area contributed by atoms with Gasteiger partial charge in [-0.15, -0.1) is 0 Å². The van der Waals surface area contributed by atoms with Crippen LogP contribution in [0.5, 0.6) is 0 Å². The first-order chi connectivity index (χ1) is 6.86. The van der Waals surface area contributed by atoms with Gasteiger partial charge in [0, 0.05) is 13.0 Å². The van der Waals surface area contributed by atoms with Crippen molar-refractivity contribution in [3.8, 4) is 0 Å². The number of nitrogens with zero attached hydrogens (tertiary/aromatic N) is 2. The molecule has 6 nitrogen and oxygen atoms in total. The highest BCUT2D eigenvalue weighted by molar-refractivity contribution is 4.84. The molecule has 1 aliphatic rings. The van der Waals surface area contributed by atoms with Gasteiger partial charge in [0.15, 0.2) is 5.82 Å². The standard InChI is InChI=1S/C8H13N3O3/c12-7-4-13-3-6(7)9-2-1-8-10-5-14-11-8/h5-7,9,12H,1-4H2. The Bertz CT molecular complexity index is 265. The zero-order valence-electron chi connectivity index (χ0n) is 7.72. The highest BCUT2D eigenvalue weighted by atomic mass is 16.5. The normalized spacial score (nSPS) is 26.9. The Kier molecular flexibility index (Phi) is 3.07. The van der Waals surface area contributed by atoms with E-state index in [1.54, 1.807) is 0 Å². The van der Waals surface area contributed by atoms with E-state index >= 15 is 0 Å². The van der Waals surface area contributed by atoms with E-state index in [0.717, 1.165) is 0 Å². The molecule has 2 unspecified atom stereocenters. The van der Waals surface area contributed by atoms with Gasteiger partial charge in [-0.3, -0.25) is 0 Å². The molecule has 1 fully saturated rings. The van der Waals surface area contributed by atoms with Crippen LogP contribution < -0.4 is 5.32 Å². The van der Waals surface area contributed by atoms with Crippen LogP contribution in [-0.2, 0) is 11.2 Å². The topological polar surface area (TPSA) is 80.4 Å². The number of aliphatic hydroxyl groups is 1. The minimum Gasteiger partial charge on any atom is -0.389 e. The molecule has 14 heavy (non-hydrogen) atoms. The van der Waals surface area contributed by atoms with Crippen LogP contribution in [0, 0.1) is 0 Å². The summed E-state index contributed by atoms with van der Waals surface area (Å²) >= 11 is 0. The quantitative estimate of drug-likeness (QED) is 0.645. The van der Waals surface area contributed by atoms with Crippen molar-refractivity contribution in [1.82, 2.24) is 15.5 Å². The molecule has 2 heterocycles. The van der Waals surface area contributed by atoms with Gasteiger partial charge in [0.1, 0.15) is 0 Å². The zero-order valence-corrected chi connectivity index (χ0v) is 7.72. The smallest absolute Gasteiger partial charge is 0.213 e. The van der Waals surface area contributed by atoms with Crippen molar-refractivity contribution in [2.24, 2.45) is 0 Å². The van der Waals surface area contributed by atoms with E-state index in [2.05, 4.69) is 20.0 Å². The lowest BCUT2D eigenvalue weighted by Gasteiger charge is -2.13. The van der Waals surface area contributed by atoms with Gasteiger partial charge < -0.3 is 19.7 Å². The SMILES string of the molecule is OC1COCC1NCCc1ncon1. The van der Waals surface area contributed by atoms with Crippen molar-refractivity contribution in [2.75, 3.05) is 19.8 Å². The van der Waals surface area contributed by atoms with Gasteiger partial charge in [-0.25, -0.2) is 0 Å². The van der Waals surface area contributed by atoms with E-state index < -0.39 is 6.10 Å². The molecule has 1 aromatic heterocycles. The maximum atomic E-state index is 9.41. The number of hydrogen-bond acceptors (Lipinski definition) is 6. The Morgan fingerprint density at radius 2 is 2.50 bits per heavy atom. The summed E-state index contributed by atoms with van der Waals surface area (Å²) in [6, 6.07) is 0.0295. The second-order valence-electron chi connectivity index (χ2n) is 3.26. The summed E-state index contributed by atoms with van der Waals surface area (Å²) in [5.41, 5.74) is 0. The van der Waals surface area contributed by atoms with E-state index in [1.165, 1.54) is 6.39 Å². The van der Waals surface area contributed by atoms with Crippen molar-refractivity contribution in [3.05, 3.63) is 12.2 Å². The maximum absolute atomic E-state index is 9.41. The van der Waals surface area contributed by atoms with Gasteiger partial charge in [-0.05, 0) is 0 Å². The van der Waals surface area contributed by atoms with E-state index in [-0.39, 0.29) is 6.04 Å². The number of ether oxygens (including phenoxy) is 1. The highest BCUT2D eigenvalue weighted by Crippen LogP contribution is 2.04. The summed E-state index contributed by atoms with van der Waals surface area (Å²) in [6.07, 6.45) is 1.60. The Morgan fingerprint density at radius 3 is 3.14 bits per heavy atom. The number of nitrogens with one attached hydrogen (secondary N) is 1. The highest BCUT2D eigenvalue weighted by Gasteiger charge is 2.25. The van der Waals surface area contributed by atoms with Crippen LogP contribution in [-0.4, -0.2) is 47.2 Å². The lowest BCUT2D eigenvalue weighted by atomic mass is 10.2. The van der Waals surface area contributed by atoms with Crippen LogP contribution in [0.4, 0.5) is 0 Å². The van der Waals surface area contributed by atoms with E-state index in [0.29, 0.717) is 32.0 Å². The second kappa shape index (κ2) is 4.50. The summed E-state index contributed by atoms with van der Waals surface area (Å²) in [6.45, 7) is 1.69. The monoisotopic (exact) mass is 199 g/mol. The molecule has 1 aliphatic heterocycles. The fraction of sp³-hybridized carbons (Fsp3) is 0.750. The van der Waals surface area contributed by atoms with Gasteiger partial charge in [-0.2, -0.15) is 4.98 Å². The Labute approximate surface area is 81.3 Å². The Morgan fingerprint density at radius 1 is 1.57 bits per heavy atom. The molecule has 0 amide bonds. The first kappa shape index (κ1) is 9.57. The predicted octanol–water partition coefficient (Wildman–Crippen LogP) is -1.04. The van der Waals surface area contributed by atoms with Crippen LogP contribution in [0.15, 0.2) is 10.9 Å². The lowest BCUT2D eigenvalue weighted by molar-refractivity contribution is 0.122. The van der Waals surface area contributed by atoms with Gasteiger partial charge in [0.25, 0.3) is 0 Å². The van der Waals surface area contributed by atoms with E-state index in [9.17, 15) is 5.11 Å². The second-order valence-corrected chi connectivity index (χ2v) is 3.26. The molecule has 0 spiro atoms. The van der Waals surface area contributed by atoms with Crippen LogP contribution in [0.3, 0.4) is 0 Å². The molecule has 2 atom stereocenters.